The summed E-state index contributed by atoms with van der Waals surface area (Å²) in [7, 11) is 1.55. The molecule has 0 saturated carbocycles. The van der Waals surface area contributed by atoms with Crippen molar-refractivity contribution in [2.45, 2.75) is 13.3 Å². The minimum atomic E-state index is 0.0745. The molecule has 0 aliphatic heterocycles. The lowest BCUT2D eigenvalue weighted by molar-refractivity contribution is 0.104. The average molecular weight is 329 g/mol. The second kappa shape index (κ2) is 6.47. The summed E-state index contributed by atoms with van der Waals surface area (Å²) in [6, 6.07) is 11.3. The number of rotatable bonds is 4. The number of ether oxygens (including phenoxy) is 2. The molecular formula is C19H17ClO3. The Kier molecular flexibility index (Phi) is 4.39. The minimum Gasteiger partial charge on any atom is -0.491 e. The van der Waals surface area contributed by atoms with Crippen molar-refractivity contribution in [3.8, 4) is 11.5 Å². The molecule has 118 valence electrons. The number of fused-ring (bicyclic) bond motifs is 1. The number of allylic oxidation sites excluding steroid dienone is 1. The Morgan fingerprint density at radius 3 is 2.74 bits per heavy atom. The fourth-order valence-electron chi connectivity index (χ4n) is 2.80. The molecule has 0 saturated heterocycles. The molecule has 2 aromatic rings. The van der Waals surface area contributed by atoms with Gasteiger partial charge in [0, 0.05) is 17.6 Å². The molecule has 0 unspecified atom stereocenters. The van der Waals surface area contributed by atoms with E-state index < -0.39 is 0 Å². The zero-order valence-corrected chi connectivity index (χ0v) is 13.8. The second-order valence-electron chi connectivity index (χ2n) is 5.30. The second-order valence-corrected chi connectivity index (χ2v) is 5.71. The van der Waals surface area contributed by atoms with Crippen molar-refractivity contribution in [3.63, 3.8) is 0 Å². The first-order valence-corrected chi connectivity index (χ1v) is 7.85. The standard InChI is InChI=1S/C19H17ClO3/c1-3-23-17-10-12(9-16(20)19(17)22-2)8-14-11-13-6-4-5-7-15(13)18(14)21/h4-10H,3,11H2,1-2H3/b14-8+. The van der Waals surface area contributed by atoms with E-state index in [0.717, 1.165) is 22.3 Å². The quantitative estimate of drug-likeness (QED) is 0.771. The van der Waals surface area contributed by atoms with Crippen molar-refractivity contribution < 1.29 is 14.3 Å². The zero-order valence-electron chi connectivity index (χ0n) is 13.1. The van der Waals surface area contributed by atoms with E-state index in [1.807, 2.05) is 43.3 Å². The summed E-state index contributed by atoms with van der Waals surface area (Å²) in [4.78, 5) is 12.5. The van der Waals surface area contributed by atoms with Gasteiger partial charge in [0.2, 0.25) is 0 Å². The predicted molar refractivity (Wildman–Crippen MR) is 91.6 cm³/mol. The van der Waals surface area contributed by atoms with Gasteiger partial charge in [0.25, 0.3) is 0 Å². The van der Waals surface area contributed by atoms with Crippen molar-refractivity contribution in [1.82, 2.24) is 0 Å². The molecule has 0 atom stereocenters. The van der Waals surface area contributed by atoms with Gasteiger partial charge in [0.1, 0.15) is 0 Å². The number of ketones is 1. The van der Waals surface area contributed by atoms with Crippen LogP contribution in [0.2, 0.25) is 5.02 Å². The monoisotopic (exact) mass is 328 g/mol. The SMILES string of the molecule is CCOc1cc(/C=C2\Cc3ccccc3C2=O)cc(Cl)c1OC. The van der Waals surface area contributed by atoms with Crippen LogP contribution in [-0.4, -0.2) is 19.5 Å². The van der Waals surface area contributed by atoms with Crippen LogP contribution in [0, 0.1) is 0 Å². The third-order valence-electron chi connectivity index (χ3n) is 3.81. The minimum absolute atomic E-state index is 0.0745. The van der Waals surface area contributed by atoms with Crippen molar-refractivity contribution in [1.29, 1.82) is 0 Å². The maximum absolute atomic E-state index is 12.5. The lowest BCUT2D eigenvalue weighted by Gasteiger charge is -2.12. The topological polar surface area (TPSA) is 35.5 Å². The van der Waals surface area contributed by atoms with E-state index in [9.17, 15) is 4.79 Å². The van der Waals surface area contributed by atoms with Crippen LogP contribution in [0.4, 0.5) is 0 Å². The summed E-state index contributed by atoms with van der Waals surface area (Å²) in [5.41, 5.74) is 3.43. The summed E-state index contributed by atoms with van der Waals surface area (Å²) >= 11 is 6.26. The molecule has 0 heterocycles. The fraction of sp³-hybridized carbons (Fsp3) is 0.211. The van der Waals surface area contributed by atoms with Gasteiger partial charge >= 0.3 is 0 Å². The third-order valence-corrected chi connectivity index (χ3v) is 4.09. The van der Waals surface area contributed by atoms with E-state index >= 15 is 0 Å². The third kappa shape index (κ3) is 2.97. The van der Waals surface area contributed by atoms with Crippen LogP contribution < -0.4 is 9.47 Å². The Labute approximate surface area is 140 Å². The molecule has 1 aliphatic rings. The van der Waals surface area contributed by atoms with Gasteiger partial charge in [-0.1, -0.05) is 35.9 Å². The number of Topliss-reactive ketones (excluding diaryl/α,β-unsaturated/α-hetero) is 1. The summed E-state index contributed by atoms with van der Waals surface area (Å²) in [5.74, 6) is 1.17. The summed E-state index contributed by atoms with van der Waals surface area (Å²) in [6.07, 6.45) is 2.51. The highest BCUT2D eigenvalue weighted by Gasteiger charge is 2.24. The van der Waals surface area contributed by atoms with Gasteiger partial charge in [-0.2, -0.15) is 0 Å². The smallest absolute Gasteiger partial charge is 0.189 e. The van der Waals surface area contributed by atoms with Crippen LogP contribution in [0.5, 0.6) is 11.5 Å². The maximum atomic E-state index is 12.5. The fourth-order valence-corrected chi connectivity index (χ4v) is 3.10. The van der Waals surface area contributed by atoms with Gasteiger partial charge < -0.3 is 9.47 Å². The van der Waals surface area contributed by atoms with Crippen molar-refractivity contribution in [2.24, 2.45) is 0 Å². The number of carbonyl (C=O) groups excluding carboxylic acids is 1. The van der Waals surface area contributed by atoms with Crippen molar-refractivity contribution in [3.05, 3.63) is 63.7 Å². The van der Waals surface area contributed by atoms with Gasteiger partial charge in [-0.25, -0.2) is 0 Å². The molecule has 0 bridgehead atoms. The molecular weight excluding hydrogens is 312 g/mol. The first kappa shape index (κ1) is 15.6. The Bertz CT molecular complexity index is 793. The van der Waals surface area contributed by atoms with Crippen LogP contribution in [0.25, 0.3) is 6.08 Å². The predicted octanol–water partition coefficient (Wildman–Crippen LogP) is 4.57. The first-order valence-electron chi connectivity index (χ1n) is 7.47. The molecule has 2 aromatic carbocycles. The molecule has 0 amide bonds. The molecule has 0 radical (unpaired) electrons. The van der Waals surface area contributed by atoms with E-state index in [2.05, 4.69) is 0 Å². The number of methoxy groups -OCH3 is 1. The molecule has 3 nitrogen and oxygen atoms in total. The molecule has 0 fully saturated rings. The number of halogens is 1. The van der Waals surface area contributed by atoms with Crippen LogP contribution in [0.3, 0.4) is 0 Å². The van der Waals surface area contributed by atoms with Crippen LogP contribution in [0.15, 0.2) is 42.0 Å². The van der Waals surface area contributed by atoms with E-state index in [-0.39, 0.29) is 5.78 Å². The lowest BCUT2D eigenvalue weighted by Crippen LogP contribution is -1.98. The van der Waals surface area contributed by atoms with E-state index in [4.69, 9.17) is 21.1 Å². The first-order chi connectivity index (χ1) is 11.1. The van der Waals surface area contributed by atoms with Crippen molar-refractivity contribution in [2.75, 3.05) is 13.7 Å². The highest BCUT2D eigenvalue weighted by molar-refractivity contribution is 6.32. The van der Waals surface area contributed by atoms with Crippen LogP contribution in [-0.2, 0) is 6.42 Å². The Morgan fingerprint density at radius 2 is 2.04 bits per heavy atom. The van der Waals surface area contributed by atoms with Crippen LogP contribution in [0.1, 0.15) is 28.4 Å². The van der Waals surface area contributed by atoms with Gasteiger partial charge in [-0.05, 0) is 36.3 Å². The van der Waals surface area contributed by atoms with Gasteiger partial charge in [-0.3, -0.25) is 4.79 Å². The Hall–Kier alpha value is -2.26. The molecule has 3 rings (SSSR count). The summed E-state index contributed by atoms with van der Waals surface area (Å²) < 4.78 is 10.9. The van der Waals surface area contributed by atoms with Crippen LogP contribution >= 0.6 is 11.6 Å². The lowest BCUT2D eigenvalue weighted by atomic mass is 10.1. The van der Waals surface area contributed by atoms with E-state index in [1.54, 1.807) is 13.2 Å². The van der Waals surface area contributed by atoms with E-state index in [1.165, 1.54) is 0 Å². The maximum Gasteiger partial charge on any atom is 0.189 e. The summed E-state index contributed by atoms with van der Waals surface area (Å²) in [6.45, 7) is 2.41. The zero-order chi connectivity index (χ0) is 16.4. The molecule has 0 aromatic heterocycles. The van der Waals surface area contributed by atoms with Crippen molar-refractivity contribution >= 4 is 23.5 Å². The average Bonchev–Trinajstić information content (AvgIpc) is 2.84. The molecule has 4 heteroatoms. The number of hydrogen-bond donors (Lipinski definition) is 0. The van der Waals surface area contributed by atoms with E-state index in [0.29, 0.717) is 29.5 Å². The number of carbonyl (C=O) groups is 1. The number of hydrogen-bond acceptors (Lipinski definition) is 3. The molecule has 23 heavy (non-hydrogen) atoms. The highest BCUT2D eigenvalue weighted by atomic mass is 35.5. The van der Waals surface area contributed by atoms with Gasteiger partial charge in [0.05, 0.1) is 18.7 Å². The highest BCUT2D eigenvalue weighted by Crippen LogP contribution is 2.37. The normalized spacial score (nSPS) is 14.9. The molecule has 0 spiro atoms. The Balaban J connectivity index is 1.99. The molecule has 0 N–H and O–H groups in total. The van der Waals surface area contributed by atoms with Gasteiger partial charge in [-0.15, -0.1) is 0 Å². The number of benzene rings is 2. The molecule has 1 aliphatic carbocycles. The Morgan fingerprint density at radius 1 is 1.26 bits per heavy atom. The summed E-state index contributed by atoms with van der Waals surface area (Å²) in [5, 5.41) is 0.466. The van der Waals surface area contributed by atoms with Gasteiger partial charge in [0.15, 0.2) is 17.3 Å². The largest absolute Gasteiger partial charge is 0.491 e.